The highest BCUT2D eigenvalue weighted by Crippen LogP contribution is 2.23. The molecule has 1 atom stereocenters. The van der Waals surface area contributed by atoms with Crippen LogP contribution in [-0.2, 0) is 6.54 Å². The predicted molar refractivity (Wildman–Crippen MR) is 135 cm³/mol. The number of benzene rings is 1. The fraction of sp³-hybridized carbons (Fsp3) is 0.429. The zero-order chi connectivity index (χ0) is 20.6. The van der Waals surface area contributed by atoms with Crippen LogP contribution in [0.1, 0.15) is 37.0 Å². The molecule has 0 amide bonds. The number of anilines is 1. The summed E-state index contributed by atoms with van der Waals surface area (Å²) in [4.78, 5) is 11.4. The van der Waals surface area contributed by atoms with Crippen molar-refractivity contribution in [1.82, 2.24) is 15.6 Å². The van der Waals surface area contributed by atoms with Gasteiger partial charge in [0.2, 0.25) is 0 Å². The van der Waals surface area contributed by atoms with Crippen molar-refractivity contribution in [3.05, 3.63) is 57.7 Å². The molecule has 2 heterocycles. The largest absolute Gasteiger partial charge is 0.387 e. The number of aromatic nitrogens is 1. The molecule has 3 rings (SSSR count). The Labute approximate surface area is 205 Å². The maximum atomic E-state index is 10.5. The normalized spacial score (nSPS) is 14.9. The second kappa shape index (κ2) is 12.5. The summed E-state index contributed by atoms with van der Waals surface area (Å²) in [6.45, 7) is 5.67. The third-order valence-electron chi connectivity index (χ3n) is 4.74. The van der Waals surface area contributed by atoms with Gasteiger partial charge in [0.25, 0.3) is 0 Å². The minimum absolute atomic E-state index is 0. The second-order valence-corrected chi connectivity index (χ2v) is 7.88. The van der Waals surface area contributed by atoms with Crippen LogP contribution in [0.15, 0.2) is 41.5 Å². The smallest absolute Gasteiger partial charge is 0.191 e. The summed E-state index contributed by atoms with van der Waals surface area (Å²) in [6, 6.07) is 9.14. The molecule has 2 aromatic rings. The summed E-state index contributed by atoms with van der Waals surface area (Å²) in [5.74, 6) is 1.65. The number of rotatable bonds is 7. The standard InChI is InChI=1S/C21H27Cl2N5O.HI/c1-2-24-21(27-14-19(29)16-10-17(22)12-18(23)11-16)26-13-15-5-6-25-20(9-15)28-7-3-4-8-28;/h5-6,9-12,19,29H,2-4,7-8,13-14H2,1H3,(H2,24,26,27);1H. The van der Waals surface area contributed by atoms with Gasteiger partial charge in [0.15, 0.2) is 5.96 Å². The van der Waals surface area contributed by atoms with Crippen LogP contribution in [0.2, 0.25) is 10.0 Å². The molecule has 1 fully saturated rings. The molecule has 1 saturated heterocycles. The monoisotopic (exact) mass is 563 g/mol. The number of nitrogens with one attached hydrogen (secondary N) is 2. The van der Waals surface area contributed by atoms with Gasteiger partial charge >= 0.3 is 0 Å². The number of aliphatic hydroxyl groups is 1. The van der Waals surface area contributed by atoms with Gasteiger partial charge in [-0.25, -0.2) is 9.98 Å². The molecule has 0 bridgehead atoms. The average Bonchev–Trinajstić information content (AvgIpc) is 3.24. The summed E-state index contributed by atoms with van der Waals surface area (Å²) in [6.07, 6.45) is 3.53. The van der Waals surface area contributed by atoms with Crippen molar-refractivity contribution in [2.45, 2.75) is 32.4 Å². The topological polar surface area (TPSA) is 72.8 Å². The maximum Gasteiger partial charge on any atom is 0.191 e. The van der Waals surface area contributed by atoms with Gasteiger partial charge in [0.1, 0.15) is 5.82 Å². The van der Waals surface area contributed by atoms with Crippen LogP contribution < -0.4 is 15.5 Å². The molecule has 6 nitrogen and oxygen atoms in total. The van der Waals surface area contributed by atoms with Gasteiger partial charge in [0, 0.05) is 42.4 Å². The van der Waals surface area contributed by atoms with Crippen LogP contribution in [0, 0.1) is 0 Å². The van der Waals surface area contributed by atoms with Gasteiger partial charge < -0.3 is 20.6 Å². The number of hydrogen-bond acceptors (Lipinski definition) is 4. The summed E-state index contributed by atoms with van der Waals surface area (Å²) >= 11 is 12.0. The van der Waals surface area contributed by atoms with Gasteiger partial charge in [-0.3, -0.25) is 0 Å². The fourth-order valence-corrected chi connectivity index (χ4v) is 3.81. The van der Waals surface area contributed by atoms with E-state index in [0.29, 0.717) is 28.1 Å². The summed E-state index contributed by atoms with van der Waals surface area (Å²) in [5, 5.41) is 17.8. The van der Waals surface area contributed by atoms with Gasteiger partial charge in [0.05, 0.1) is 12.6 Å². The van der Waals surface area contributed by atoms with E-state index >= 15 is 0 Å². The van der Waals surface area contributed by atoms with E-state index in [1.807, 2.05) is 19.2 Å². The Balaban J connectivity index is 0.00000320. The molecule has 0 spiro atoms. The highest BCUT2D eigenvalue weighted by Gasteiger charge is 2.14. The number of guanidine groups is 1. The number of nitrogens with zero attached hydrogens (tertiary/aromatic N) is 3. The van der Waals surface area contributed by atoms with Crippen molar-refractivity contribution in [2.75, 3.05) is 31.1 Å². The lowest BCUT2D eigenvalue weighted by molar-refractivity contribution is 0.181. The Morgan fingerprint density at radius 3 is 2.53 bits per heavy atom. The van der Waals surface area contributed by atoms with Crippen LogP contribution in [0.3, 0.4) is 0 Å². The van der Waals surface area contributed by atoms with E-state index in [9.17, 15) is 5.11 Å². The first kappa shape index (κ1) is 25.0. The third kappa shape index (κ3) is 7.44. The number of hydrogen-bond donors (Lipinski definition) is 3. The first-order valence-corrected chi connectivity index (χ1v) is 10.7. The highest BCUT2D eigenvalue weighted by molar-refractivity contribution is 14.0. The number of aliphatic hydroxyl groups excluding tert-OH is 1. The molecule has 9 heteroatoms. The van der Waals surface area contributed by atoms with Crippen molar-refractivity contribution in [3.8, 4) is 0 Å². The lowest BCUT2D eigenvalue weighted by atomic mass is 10.1. The number of aliphatic imine (C=N–C) groups is 1. The zero-order valence-corrected chi connectivity index (χ0v) is 20.8. The molecule has 1 unspecified atom stereocenters. The van der Waals surface area contributed by atoms with Gasteiger partial charge in [-0.1, -0.05) is 23.2 Å². The van der Waals surface area contributed by atoms with Gasteiger partial charge in [-0.15, -0.1) is 24.0 Å². The second-order valence-electron chi connectivity index (χ2n) is 7.01. The molecule has 1 aromatic heterocycles. The molecule has 164 valence electrons. The summed E-state index contributed by atoms with van der Waals surface area (Å²) in [5.41, 5.74) is 1.76. The van der Waals surface area contributed by atoms with Gasteiger partial charge in [-0.05, 0) is 61.2 Å². The number of halogens is 3. The van der Waals surface area contributed by atoms with Crippen molar-refractivity contribution in [2.24, 2.45) is 4.99 Å². The molecular weight excluding hydrogens is 536 g/mol. The zero-order valence-electron chi connectivity index (χ0n) is 16.9. The molecule has 1 aromatic carbocycles. The minimum atomic E-state index is -0.752. The first-order chi connectivity index (χ1) is 14.0. The molecule has 1 aliphatic rings. The van der Waals surface area contributed by atoms with E-state index in [4.69, 9.17) is 23.2 Å². The fourth-order valence-electron chi connectivity index (χ4n) is 3.27. The quantitative estimate of drug-likeness (QED) is 0.265. The van der Waals surface area contributed by atoms with E-state index in [2.05, 4.69) is 31.6 Å². The van der Waals surface area contributed by atoms with Gasteiger partial charge in [-0.2, -0.15) is 0 Å². The Bertz CT molecular complexity index is 826. The molecule has 3 N–H and O–H groups in total. The minimum Gasteiger partial charge on any atom is -0.387 e. The van der Waals surface area contributed by atoms with E-state index < -0.39 is 6.10 Å². The predicted octanol–water partition coefficient (Wildman–Crippen LogP) is 4.40. The Kier molecular flexibility index (Phi) is 10.4. The molecule has 0 radical (unpaired) electrons. The van der Waals surface area contributed by atoms with Crippen LogP contribution in [0.4, 0.5) is 5.82 Å². The van der Waals surface area contributed by atoms with E-state index in [-0.39, 0.29) is 30.5 Å². The maximum absolute atomic E-state index is 10.5. The van der Waals surface area contributed by atoms with Crippen LogP contribution in [0.5, 0.6) is 0 Å². The van der Waals surface area contributed by atoms with Crippen molar-refractivity contribution in [1.29, 1.82) is 0 Å². The van der Waals surface area contributed by atoms with E-state index in [1.54, 1.807) is 18.2 Å². The molecule has 0 saturated carbocycles. The van der Waals surface area contributed by atoms with Crippen LogP contribution in [-0.4, -0.2) is 42.2 Å². The van der Waals surface area contributed by atoms with E-state index in [0.717, 1.165) is 31.0 Å². The van der Waals surface area contributed by atoms with Crippen molar-refractivity contribution in [3.63, 3.8) is 0 Å². The Morgan fingerprint density at radius 1 is 1.17 bits per heavy atom. The Hall–Kier alpha value is -1.29. The van der Waals surface area contributed by atoms with Crippen LogP contribution >= 0.6 is 47.2 Å². The number of pyridine rings is 1. The average molecular weight is 564 g/mol. The molecular formula is C21H28Cl2IN5O. The van der Waals surface area contributed by atoms with E-state index in [1.165, 1.54) is 12.8 Å². The van der Waals surface area contributed by atoms with Crippen molar-refractivity contribution >= 4 is 59.0 Å². The highest BCUT2D eigenvalue weighted by atomic mass is 127. The third-order valence-corrected chi connectivity index (χ3v) is 5.17. The lowest BCUT2D eigenvalue weighted by Gasteiger charge is -2.17. The SMILES string of the molecule is CCNC(=NCc1ccnc(N2CCCC2)c1)NCC(O)c1cc(Cl)cc(Cl)c1.I. The summed E-state index contributed by atoms with van der Waals surface area (Å²) in [7, 11) is 0. The molecule has 0 aliphatic carbocycles. The Morgan fingerprint density at radius 2 is 1.87 bits per heavy atom. The lowest BCUT2D eigenvalue weighted by Crippen LogP contribution is -2.39. The summed E-state index contributed by atoms with van der Waals surface area (Å²) < 4.78 is 0. The molecule has 30 heavy (non-hydrogen) atoms. The van der Waals surface area contributed by atoms with Crippen molar-refractivity contribution < 1.29 is 5.11 Å². The first-order valence-electron chi connectivity index (χ1n) is 9.91. The molecule has 1 aliphatic heterocycles. The van der Waals surface area contributed by atoms with Crippen LogP contribution in [0.25, 0.3) is 0 Å².